The SMILES string of the molecule is [2H]C([2H])([2H])C1=C(C(=O)OC(c2ccccc2)c2ccccc2)N2C(=O)[C@@H](NC(=O)OC(C)(C)C)[C@H]2S(=O)C1. The highest BCUT2D eigenvalue weighted by Gasteiger charge is 2.57. The molecule has 2 heterocycles. The fraction of sp³-hybridized carbons (Fsp3) is 0.346. The lowest BCUT2D eigenvalue weighted by Gasteiger charge is -2.49. The van der Waals surface area contributed by atoms with Crippen LogP contribution < -0.4 is 5.32 Å². The first-order chi connectivity index (χ1) is 17.8. The molecule has 0 bridgehead atoms. The third kappa shape index (κ3) is 5.14. The number of hydrogen-bond acceptors (Lipinski definition) is 6. The summed E-state index contributed by atoms with van der Waals surface area (Å²) in [5.74, 6) is -2.30. The molecule has 184 valence electrons. The van der Waals surface area contributed by atoms with Crippen molar-refractivity contribution in [1.29, 1.82) is 0 Å². The van der Waals surface area contributed by atoms with Gasteiger partial charge in [0, 0.05) is 9.87 Å². The molecule has 0 saturated carbocycles. The van der Waals surface area contributed by atoms with Gasteiger partial charge in [0.1, 0.15) is 22.7 Å². The number of rotatable bonds is 5. The number of hydrogen-bond donors (Lipinski definition) is 1. The Morgan fingerprint density at radius 3 is 2.17 bits per heavy atom. The van der Waals surface area contributed by atoms with Crippen LogP contribution in [0.3, 0.4) is 0 Å². The fourth-order valence-corrected chi connectivity index (χ4v) is 5.47. The van der Waals surface area contributed by atoms with Crippen molar-refractivity contribution in [3.63, 3.8) is 0 Å². The van der Waals surface area contributed by atoms with Crippen molar-refractivity contribution in [2.45, 2.75) is 50.7 Å². The Balaban J connectivity index is 1.68. The average molecular weight is 500 g/mol. The van der Waals surface area contributed by atoms with Crippen molar-refractivity contribution < 1.29 is 32.2 Å². The molecule has 2 aromatic carbocycles. The van der Waals surface area contributed by atoms with E-state index in [9.17, 15) is 18.6 Å². The molecule has 2 aliphatic rings. The molecule has 1 saturated heterocycles. The number of amides is 2. The van der Waals surface area contributed by atoms with Crippen molar-refractivity contribution in [2.24, 2.45) is 0 Å². The van der Waals surface area contributed by atoms with Crippen LogP contribution in [-0.2, 0) is 29.9 Å². The number of β-lactam (4-membered cyclic amide) rings is 1. The van der Waals surface area contributed by atoms with Gasteiger partial charge < -0.3 is 14.8 Å². The summed E-state index contributed by atoms with van der Waals surface area (Å²) in [6.07, 6.45) is -1.79. The second-order valence-corrected chi connectivity index (χ2v) is 10.7. The molecule has 2 aliphatic heterocycles. The number of nitrogens with zero attached hydrogens (tertiary/aromatic N) is 1. The van der Waals surface area contributed by atoms with Gasteiger partial charge in [-0.2, -0.15) is 0 Å². The lowest BCUT2D eigenvalue weighted by atomic mass is 10.0. The van der Waals surface area contributed by atoms with E-state index in [0.29, 0.717) is 11.1 Å². The summed E-state index contributed by atoms with van der Waals surface area (Å²) in [6, 6.07) is 16.5. The summed E-state index contributed by atoms with van der Waals surface area (Å²) in [5.41, 5.74) is -0.466. The molecule has 1 N–H and O–H groups in total. The first-order valence-electron chi connectivity index (χ1n) is 12.5. The molecule has 3 atom stereocenters. The van der Waals surface area contributed by atoms with E-state index >= 15 is 0 Å². The molecule has 9 heteroatoms. The van der Waals surface area contributed by atoms with Gasteiger partial charge in [-0.25, -0.2) is 9.59 Å². The topological polar surface area (TPSA) is 102 Å². The molecule has 8 nitrogen and oxygen atoms in total. The van der Waals surface area contributed by atoms with Gasteiger partial charge in [-0.3, -0.25) is 13.9 Å². The van der Waals surface area contributed by atoms with Crippen LogP contribution >= 0.6 is 0 Å². The van der Waals surface area contributed by atoms with Crippen molar-refractivity contribution in [3.05, 3.63) is 83.1 Å². The lowest BCUT2D eigenvalue weighted by Crippen LogP contribution is -2.73. The summed E-state index contributed by atoms with van der Waals surface area (Å²) >= 11 is 0. The van der Waals surface area contributed by atoms with E-state index in [1.807, 2.05) is 0 Å². The largest absolute Gasteiger partial charge is 0.448 e. The number of carbonyl (C=O) groups is 3. The number of benzene rings is 2. The molecular weight excluding hydrogens is 468 g/mol. The van der Waals surface area contributed by atoms with Gasteiger partial charge in [-0.15, -0.1) is 0 Å². The van der Waals surface area contributed by atoms with Gasteiger partial charge in [0.25, 0.3) is 5.91 Å². The van der Waals surface area contributed by atoms with Gasteiger partial charge in [0.2, 0.25) is 0 Å². The molecule has 1 fully saturated rings. The molecule has 1 unspecified atom stereocenters. The Bertz CT molecular complexity index is 1250. The zero-order valence-corrected chi connectivity index (χ0v) is 20.3. The molecule has 0 spiro atoms. The second-order valence-electron chi connectivity index (χ2n) is 9.18. The highest BCUT2D eigenvalue weighted by Crippen LogP contribution is 2.37. The number of nitrogens with one attached hydrogen (secondary N) is 1. The lowest BCUT2D eigenvalue weighted by molar-refractivity contribution is -0.154. The first-order valence-corrected chi connectivity index (χ1v) is 12.4. The van der Waals surface area contributed by atoms with Crippen LogP contribution in [0.5, 0.6) is 0 Å². The minimum atomic E-state index is -2.81. The zero-order chi connectivity index (χ0) is 27.8. The van der Waals surface area contributed by atoms with Crippen LogP contribution in [0.15, 0.2) is 71.9 Å². The van der Waals surface area contributed by atoms with E-state index in [4.69, 9.17) is 13.6 Å². The van der Waals surface area contributed by atoms with Crippen LogP contribution in [0.2, 0.25) is 0 Å². The molecule has 4 rings (SSSR count). The molecule has 0 aliphatic carbocycles. The Hall–Kier alpha value is -3.46. The van der Waals surface area contributed by atoms with Crippen molar-refractivity contribution in [1.82, 2.24) is 10.2 Å². The number of carbonyl (C=O) groups excluding carboxylic acids is 3. The molecule has 0 aromatic heterocycles. The van der Waals surface area contributed by atoms with Crippen molar-refractivity contribution >= 4 is 28.8 Å². The fourth-order valence-electron chi connectivity index (χ4n) is 3.95. The minimum Gasteiger partial charge on any atom is -0.448 e. The Labute approximate surface area is 211 Å². The third-order valence-corrected chi connectivity index (χ3v) is 7.02. The van der Waals surface area contributed by atoms with Gasteiger partial charge in [0.05, 0.1) is 10.8 Å². The number of esters is 1. The van der Waals surface area contributed by atoms with Crippen LogP contribution in [0.25, 0.3) is 0 Å². The highest BCUT2D eigenvalue weighted by molar-refractivity contribution is 7.86. The van der Waals surface area contributed by atoms with Crippen LogP contribution in [-0.4, -0.2) is 49.8 Å². The second kappa shape index (κ2) is 9.65. The number of ether oxygens (including phenoxy) is 2. The first kappa shape index (κ1) is 20.9. The van der Waals surface area contributed by atoms with E-state index < -0.39 is 75.8 Å². The molecule has 2 aromatic rings. The maximum atomic E-state index is 13.6. The minimum absolute atomic E-state index is 0.430. The smallest absolute Gasteiger partial charge is 0.408 e. The average Bonchev–Trinajstić information content (AvgIpc) is 2.84. The van der Waals surface area contributed by atoms with Crippen LogP contribution in [0.4, 0.5) is 4.79 Å². The normalized spacial score (nSPS) is 23.4. The predicted octanol–water partition coefficient (Wildman–Crippen LogP) is 3.42. The van der Waals surface area contributed by atoms with Crippen molar-refractivity contribution in [2.75, 3.05) is 5.75 Å². The number of fused-ring (bicyclic) bond motifs is 1. The van der Waals surface area contributed by atoms with E-state index in [-0.39, 0.29) is 0 Å². The number of alkyl carbamates (subject to hydrolysis) is 1. The monoisotopic (exact) mass is 499 g/mol. The van der Waals surface area contributed by atoms with Gasteiger partial charge >= 0.3 is 12.1 Å². The summed E-state index contributed by atoms with van der Waals surface area (Å²) in [7, 11) is -1.91. The maximum Gasteiger partial charge on any atom is 0.408 e. The van der Waals surface area contributed by atoms with E-state index in [1.54, 1.807) is 81.4 Å². The predicted molar refractivity (Wildman–Crippen MR) is 130 cm³/mol. The summed E-state index contributed by atoms with van der Waals surface area (Å²) in [6.45, 7) is 2.13. The van der Waals surface area contributed by atoms with Gasteiger partial charge in [-0.05, 0) is 44.3 Å². The van der Waals surface area contributed by atoms with Gasteiger partial charge in [-0.1, -0.05) is 60.7 Å². The maximum absolute atomic E-state index is 13.6. The molecular formula is C26H28N2O6S. The van der Waals surface area contributed by atoms with E-state index in [0.717, 1.165) is 4.90 Å². The van der Waals surface area contributed by atoms with E-state index in [2.05, 4.69) is 5.32 Å². The summed E-state index contributed by atoms with van der Waals surface area (Å²) in [5, 5.41) is 1.25. The van der Waals surface area contributed by atoms with Crippen LogP contribution in [0, 0.1) is 0 Å². The Morgan fingerprint density at radius 2 is 1.66 bits per heavy atom. The van der Waals surface area contributed by atoms with Crippen molar-refractivity contribution in [3.8, 4) is 0 Å². The highest BCUT2D eigenvalue weighted by atomic mass is 32.2. The molecule has 35 heavy (non-hydrogen) atoms. The third-order valence-electron chi connectivity index (χ3n) is 5.42. The molecule has 0 radical (unpaired) electrons. The molecule has 2 amide bonds. The Kier molecular flexibility index (Phi) is 5.76. The van der Waals surface area contributed by atoms with Gasteiger partial charge in [0.15, 0.2) is 6.10 Å². The zero-order valence-electron chi connectivity index (χ0n) is 22.5. The van der Waals surface area contributed by atoms with E-state index in [1.165, 1.54) is 0 Å². The standard InChI is InChI=1S/C26H28N2O6S/c1-16-15-35(32)23-19(27-25(31)34-26(2,3)4)22(29)28(23)20(16)24(30)33-21(17-11-7-5-8-12-17)18-13-9-6-10-14-18/h5-14,19,21,23H,15H2,1-4H3,(H,27,31)/t19-,23-,35?/m1/s1/i1D3. The summed E-state index contributed by atoms with van der Waals surface area (Å²) < 4.78 is 48.0. The summed E-state index contributed by atoms with van der Waals surface area (Å²) in [4.78, 5) is 40.0. The van der Waals surface area contributed by atoms with Crippen LogP contribution in [0.1, 0.15) is 49.0 Å². The Morgan fingerprint density at radius 1 is 1.09 bits per heavy atom. The quantitative estimate of drug-likeness (QED) is 0.500.